The quantitative estimate of drug-likeness (QED) is 0.376. The number of aryl methyl sites for hydroxylation is 1. The third-order valence-corrected chi connectivity index (χ3v) is 5.86. The zero-order chi connectivity index (χ0) is 22.9. The molecule has 0 atom stereocenters. The number of hydrogen-bond acceptors (Lipinski definition) is 4. The maximum Gasteiger partial charge on any atom is 0.222 e. The van der Waals surface area contributed by atoms with Gasteiger partial charge >= 0.3 is 0 Å². The molecule has 7 nitrogen and oxygen atoms in total. The van der Waals surface area contributed by atoms with E-state index in [0.29, 0.717) is 31.8 Å². The van der Waals surface area contributed by atoms with Crippen molar-refractivity contribution in [3.8, 4) is 11.5 Å². The van der Waals surface area contributed by atoms with Gasteiger partial charge in [-0.1, -0.05) is 24.3 Å². The molecular formula is C25H34N4O3. The fraction of sp³-hybridized carbons (Fsp3) is 0.440. The maximum atomic E-state index is 12.7. The van der Waals surface area contributed by atoms with Crippen molar-refractivity contribution in [2.24, 2.45) is 4.99 Å². The van der Waals surface area contributed by atoms with Gasteiger partial charge in [-0.2, -0.15) is 0 Å². The van der Waals surface area contributed by atoms with E-state index >= 15 is 0 Å². The Morgan fingerprint density at radius 2 is 1.81 bits per heavy atom. The first kappa shape index (κ1) is 23.4. The summed E-state index contributed by atoms with van der Waals surface area (Å²) in [7, 11) is 5.03. The number of fused-ring (bicyclic) bond motifs is 1. The zero-order valence-electron chi connectivity index (χ0n) is 19.5. The van der Waals surface area contributed by atoms with Crippen molar-refractivity contribution in [3.05, 3.63) is 58.7 Å². The number of carbonyl (C=O) groups is 1. The molecule has 0 bridgehead atoms. The number of amides is 1. The van der Waals surface area contributed by atoms with Gasteiger partial charge in [0.15, 0.2) is 17.5 Å². The molecule has 0 spiro atoms. The number of nitrogens with one attached hydrogen (secondary N) is 2. The van der Waals surface area contributed by atoms with Gasteiger partial charge in [-0.05, 0) is 54.2 Å². The van der Waals surface area contributed by atoms with Gasteiger partial charge < -0.3 is 25.0 Å². The van der Waals surface area contributed by atoms with Gasteiger partial charge in [-0.15, -0.1) is 0 Å². The normalized spacial score (nSPS) is 13.4. The Morgan fingerprint density at radius 3 is 2.50 bits per heavy atom. The summed E-state index contributed by atoms with van der Waals surface area (Å²) in [5.74, 6) is 2.36. The van der Waals surface area contributed by atoms with E-state index in [0.717, 1.165) is 36.7 Å². The van der Waals surface area contributed by atoms with Crippen molar-refractivity contribution in [2.45, 2.75) is 39.3 Å². The molecule has 0 unspecified atom stereocenters. The maximum absolute atomic E-state index is 12.7. The molecule has 2 aromatic carbocycles. The molecule has 0 aliphatic carbocycles. The highest BCUT2D eigenvalue weighted by atomic mass is 16.5. The fourth-order valence-electron chi connectivity index (χ4n) is 3.91. The Morgan fingerprint density at radius 1 is 1.09 bits per heavy atom. The van der Waals surface area contributed by atoms with E-state index in [2.05, 4.69) is 34.7 Å². The lowest BCUT2D eigenvalue weighted by Gasteiger charge is -2.29. The molecule has 0 saturated heterocycles. The van der Waals surface area contributed by atoms with Gasteiger partial charge in [0.2, 0.25) is 5.91 Å². The molecule has 1 heterocycles. The Labute approximate surface area is 190 Å². The number of carbonyl (C=O) groups excluding carboxylic acids is 1. The van der Waals surface area contributed by atoms with Gasteiger partial charge in [0.25, 0.3) is 0 Å². The summed E-state index contributed by atoms with van der Waals surface area (Å²) < 4.78 is 10.8. The molecule has 1 aliphatic rings. The Balaban J connectivity index is 1.43. The van der Waals surface area contributed by atoms with Crippen molar-refractivity contribution in [2.75, 3.05) is 34.4 Å². The molecule has 0 saturated carbocycles. The van der Waals surface area contributed by atoms with E-state index in [1.165, 1.54) is 16.7 Å². The van der Waals surface area contributed by atoms with E-state index in [1.54, 1.807) is 21.3 Å². The average molecular weight is 439 g/mol. The largest absolute Gasteiger partial charge is 0.493 e. The third-order valence-electron chi connectivity index (χ3n) is 5.86. The lowest BCUT2D eigenvalue weighted by molar-refractivity contribution is -0.132. The van der Waals surface area contributed by atoms with Crippen LogP contribution in [-0.4, -0.2) is 51.1 Å². The predicted octanol–water partition coefficient (Wildman–Crippen LogP) is 3.04. The van der Waals surface area contributed by atoms with Crippen molar-refractivity contribution in [3.63, 3.8) is 0 Å². The number of rotatable bonds is 8. The van der Waals surface area contributed by atoms with Crippen molar-refractivity contribution < 1.29 is 14.3 Å². The molecule has 32 heavy (non-hydrogen) atoms. The summed E-state index contributed by atoms with van der Waals surface area (Å²) in [6, 6.07) is 12.3. The summed E-state index contributed by atoms with van der Waals surface area (Å²) in [5, 5.41) is 6.63. The monoisotopic (exact) mass is 438 g/mol. The van der Waals surface area contributed by atoms with Crippen molar-refractivity contribution >= 4 is 11.9 Å². The number of benzene rings is 2. The van der Waals surface area contributed by atoms with Crippen LogP contribution in [0.4, 0.5) is 0 Å². The van der Waals surface area contributed by atoms with Crippen LogP contribution in [0, 0.1) is 6.92 Å². The summed E-state index contributed by atoms with van der Waals surface area (Å²) in [5.41, 5.74) is 4.84. The van der Waals surface area contributed by atoms with E-state index < -0.39 is 0 Å². The second kappa shape index (κ2) is 11.4. The minimum atomic E-state index is 0.176. The third kappa shape index (κ3) is 5.93. The lowest BCUT2D eigenvalue weighted by atomic mass is 9.98. The summed E-state index contributed by atoms with van der Waals surface area (Å²) in [6.07, 6.45) is 2.08. The molecule has 2 N–H and O–H groups in total. The second-order valence-electron chi connectivity index (χ2n) is 7.92. The van der Waals surface area contributed by atoms with Crippen LogP contribution >= 0.6 is 0 Å². The van der Waals surface area contributed by atoms with Crippen LogP contribution in [0.5, 0.6) is 11.5 Å². The molecule has 3 rings (SSSR count). The fourth-order valence-corrected chi connectivity index (χ4v) is 3.91. The number of methoxy groups -OCH3 is 2. The summed E-state index contributed by atoms with van der Waals surface area (Å²) in [6.45, 7) is 4.85. The molecule has 0 fully saturated rings. The van der Waals surface area contributed by atoms with Crippen LogP contribution < -0.4 is 20.1 Å². The molecular weight excluding hydrogens is 404 g/mol. The lowest BCUT2D eigenvalue weighted by Crippen LogP contribution is -2.38. The van der Waals surface area contributed by atoms with E-state index in [4.69, 9.17) is 9.47 Å². The smallest absolute Gasteiger partial charge is 0.222 e. The Bertz CT molecular complexity index is 958. The Kier molecular flexibility index (Phi) is 8.36. The van der Waals surface area contributed by atoms with Gasteiger partial charge in [-0.3, -0.25) is 9.79 Å². The van der Waals surface area contributed by atoms with Crippen LogP contribution in [0.15, 0.2) is 41.4 Å². The standard InChI is InChI=1S/C25H34N4O3/c1-18-8-5-6-9-20(18)16-28-25(26-2)27-12-7-10-24(30)29-13-11-19-14-22(31-3)23(32-4)15-21(19)17-29/h5-6,8-9,14-15H,7,10-13,16-17H2,1-4H3,(H2,26,27,28). The molecule has 0 radical (unpaired) electrons. The molecule has 2 aromatic rings. The molecule has 172 valence electrons. The minimum Gasteiger partial charge on any atom is -0.493 e. The number of aliphatic imine (C=N–C) groups is 1. The van der Waals surface area contributed by atoms with Crippen LogP contribution in [0.2, 0.25) is 0 Å². The van der Waals surface area contributed by atoms with Gasteiger partial charge in [0.05, 0.1) is 14.2 Å². The van der Waals surface area contributed by atoms with Crippen LogP contribution in [-0.2, 0) is 24.3 Å². The van der Waals surface area contributed by atoms with Crippen LogP contribution in [0.25, 0.3) is 0 Å². The van der Waals surface area contributed by atoms with E-state index in [1.807, 2.05) is 29.2 Å². The molecule has 0 aromatic heterocycles. The van der Waals surface area contributed by atoms with Crippen molar-refractivity contribution in [1.29, 1.82) is 0 Å². The van der Waals surface area contributed by atoms with Gasteiger partial charge in [-0.25, -0.2) is 0 Å². The second-order valence-corrected chi connectivity index (χ2v) is 7.92. The number of ether oxygens (including phenoxy) is 2. The molecule has 7 heteroatoms. The first-order valence-electron chi connectivity index (χ1n) is 11.1. The summed E-state index contributed by atoms with van der Waals surface area (Å²) in [4.78, 5) is 18.9. The topological polar surface area (TPSA) is 75.2 Å². The SMILES string of the molecule is CN=C(NCCCC(=O)N1CCc2cc(OC)c(OC)cc2C1)NCc1ccccc1C. The van der Waals surface area contributed by atoms with Gasteiger partial charge in [0, 0.05) is 39.6 Å². The zero-order valence-corrected chi connectivity index (χ0v) is 19.5. The molecule has 1 amide bonds. The highest BCUT2D eigenvalue weighted by Gasteiger charge is 2.22. The van der Waals surface area contributed by atoms with Crippen molar-refractivity contribution in [1.82, 2.24) is 15.5 Å². The number of nitrogens with zero attached hydrogens (tertiary/aromatic N) is 2. The summed E-state index contributed by atoms with van der Waals surface area (Å²) >= 11 is 0. The first-order valence-corrected chi connectivity index (χ1v) is 11.1. The number of hydrogen-bond donors (Lipinski definition) is 2. The predicted molar refractivity (Wildman–Crippen MR) is 127 cm³/mol. The van der Waals surface area contributed by atoms with E-state index in [-0.39, 0.29) is 5.91 Å². The van der Waals surface area contributed by atoms with Crippen LogP contribution in [0.3, 0.4) is 0 Å². The van der Waals surface area contributed by atoms with E-state index in [9.17, 15) is 4.79 Å². The van der Waals surface area contributed by atoms with Gasteiger partial charge in [0.1, 0.15) is 0 Å². The molecule has 1 aliphatic heterocycles. The average Bonchev–Trinajstić information content (AvgIpc) is 2.83. The highest BCUT2D eigenvalue weighted by Crippen LogP contribution is 2.33. The minimum absolute atomic E-state index is 0.176. The van der Waals surface area contributed by atoms with Crippen LogP contribution in [0.1, 0.15) is 35.1 Å². The Hall–Kier alpha value is -3.22. The first-order chi connectivity index (χ1) is 15.5. The highest BCUT2D eigenvalue weighted by molar-refractivity contribution is 5.80. The number of guanidine groups is 1.